The van der Waals surface area contributed by atoms with Crippen LogP contribution in [0.25, 0.3) is 22.2 Å². The van der Waals surface area contributed by atoms with Crippen LogP contribution in [0.15, 0.2) is 55.0 Å². The molecule has 1 fully saturated rings. The molecule has 0 spiro atoms. The van der Waals surface area contributed by atoms with Gasteiger partial charge in [0.05, 0.1) is 17.8 Å². The second-order valence-corrected chi connectivity index (χ2v) is 8.94. The number of amides is 1. The van der Waals surface area contributed by atoms with E-state index in [-0.39, 0.29) is 11.8 Å². The van der Waals surface area contributed by atoms with Crippen LogP contribution in [0.5, 0.6) is 11.6 Å². The SMILES string of the molecule is CC(C(N)=O)C1CCN(CCn2cc3cc(Oc4ccc(-c5ccn[nH]5)cn4)ccc3n2)CC1. The first-order chi connectivity index (χ1) is 16.5. The van der Waals surface area contributed by atoms with Crippen molar-refractivity contribution in [2.45, 2.75) is 26.3 Å². The highest BCUT2D eigenvalue weighted by atomic mass is 16.5. The van der Waals surface area contributed by atoms with Gasteiger partial charge in [0.15, 0.2) is 0 Å². The van der Waals surface area contributed by atoms with E-state index >= 15 is 0 Å². The summed E-state index contributed by atoms with van der Waals surface area (Å²) < 4.78 is 7.94. The summed E-state index contributed by atoms with van der Waals surface area (Å²) in [6.45, 7) is 5.68. The molecule has 1 unspecified atom stereocenters. The number of ether oxygens (including phenoxy) is 1. The molecule has 0 radical (unpaired) electrons. The Bertz CT molecular complexity index is 1240. The van der Waals surface area contributed by atoms with Crippen LogP contribution in [0.3, 0.4) is 0 Å². The van der Waals surface area contributed by atoms with Crippen molar-refractivity contribution in [2.75, 3.05) is 19.6 Å². The Balaban J connectivity index is 1.17. The first-order valence-corrected chi connectivity index (χ1v) is 11.7. The number of primary amides is 1. The van der Waals surface area contributed by atoms with E-state index in [1.165, 1.54) is 0 Å². The lowest BCUT2D eigenvalue weighted by atomic mass is 9.85. The van der Waals surface area contributed by atoms with Gasteiger partial charge in [0, 0.05) is 48.1 Å². The molecule has 0 aliphatic carbocycles. The number of nitrogens with two attached hydrogens (primary N) is 1. The van der Waals surface area contributed by atoms with Crippen molar-refractivity contribution in [3.05, 3.63) is 55.0 Å². The van der Waals surface area contributed by atoms with Gasteiger partial charge in [0.1, 0.15) is 5.75 Å². The minimum atomic E-state index is -0.188. The number of carbonyl (C=O) groups is 1. The summed E-state index contributed by atoms with van der Waals surface area (Å²) in [5.74, 6) is 1.42. The van der Waals surface area contributed by atoms with Crippen LogP contribution in [0, 0.1) is 11.8 Å². The van der Waals surface area contributed by atoms with Crippen LogP contribution in [0.1, 0.15) is 19.8 Å². The molecule has 1 aliphatic heterocycles. The number of benzene rings is 1. The highest BCUT2D eigenvalue weighted by Crippen LogP contribution is 2.26. The van der Waals surface area contributed by atoms with Gasteiger partial charge < -0.3 is 15.4 Å². The van der Waals surface area contributed by atoms with Crippen molar-refractivity contribution < 1.29 is 9.53 Å². The smallest absolute Gasteiger partial charge is 0.220 e. The summed E-state index contributed by atoms with van der Waals surface area (Å²) in [4.78, 5) is 18.3. The molecule has 1 saturated heterocycles. The molecule has 0 bridgehead atoms. The van der Waals surface area contributed by atoms with Crippen LogP contribution in [0.4, 0.5) is 0 Å². The van der Waals surface area contributed by atoms with E-state index in [2.05, 4.69) is 26.3 Å². The monoisotopic (exact) mass is 459 g/mol. The van der Waals surface area contributed by atoms with Crippen LogP contribution < -0.4 is 10.5 Å². The Hall–Kier alpha value is -3.72. The van der Waals surface area contributed by atoms with Gasteiger partial charge in [-0.05, 0) is 62.2 Å². The van der Waals surface area contributed by atoms with Crippen molar-refractivity contribution in [3.63, 3.8) is 0 Å². The molecule has 3 N–H and O–H groups in total. The number of nitrogens with one attached hydrogen (secondary N) is 1. The minimum absolute atomic E-state index is 0.0422. The van der Waals surface area contributed by atoms with Crippen LogP contribution in [0.2, 0.25) is 0 Å². The number of rotatable bonds is 8. The molecule has 1 aromatic carbocycles. The van der Waals surface area contributed by atoms with E-state index in [0.717, 1.165) is 66.9 Å². The molecule has 1 atom stereocenters. The molecule has 9 nitrogen and oxygen atoms in total. The lowest BCUT2D eigenvalue weighted by Gasteiger charge is -2.33. The molecule has 1 aliphatic rings. The van der Waals surface area contributed by atoms with Crippen molar-refractivity contribution in [2.24, 2.45) is 17.6 Å². The van der Waals surface area contributed by atoms with Crippen LogP contribution in [-0.4, -0.2) is 55.4 Å². The zero-order chi connectivity index (χ0) is 23.5. The number of pyridine rings is 1. The number of nitrogens with zero attached hydrogens (tertiary/aromatic N) is 5. The standard InChI is InChI=1S/C25H29N7O2/c1-17(25(26)33)18-7-10-31(11-8-18)12-13-32-16-20-14-21(3-4-23(20)30-32)34-24-5-2-19(15-27-24)22-6-9-28-29-22/h2-6,9,14-18H,7-8,10-13H2,1H3,(H2,26,33)(H,28,29). The molecule has 34 heavy (non-hydrogen) atoms. The maximum Gasteiger partial charge on any atom is 0.220 e. The highest BCUT2D eigenvalue weighted by molar-refractivity contribution is 5.79. The number of piperidine rings is 1. The Morgan fingerprint density at radius 1 is 1.21 bits per heavy atom. The average molecular weight is 460 g/mol. The van der Waals surface area contributed by atoms with E-state index in [9.17, 15) is 4.79 Å². The Kier molecular flexibility index (Phi) is 6.27. The van der Waals surface area contributed by atoms with E-state index in [4.69, 9.17) is 15.6 Å². The third-order valence-corrected chi connectivity index (χ3v) is 6.73. The van der Waals surface area contributed by atoms with Gasteiger partial charge in [0.25, 0.3) is 0 Å². The summed E-state index contributed by atoms with van der Waals surface area (Å²) >= 11 is 0. The van der Waals surface area contributed by atoms with E-state index in [1.54, 1.807) is 12.4 Å². The number of hydrogen-bond acceptors (Lipinski definition) is 6. The van der Waals surface area contributed by atoms with Gasteiger partial charge in [-0.25, -0.2) is 4.98 Å². The maximum absolute atomic E-state index is 11.4. The van der Waals surface area contributed by atoms with Gasteiger partial charge in [-0.2, -0.15) is 10.2 Å². The van der Waals surface area contributed by atoms with Gasteiger partial charge >= 0.3 is 0 Å². The first-order valence-electron chi connectivity index (χ1n) is 11.7. The lowest BCUT2D eigenvalue weighted by Crippen LogP contribution is -2.40. The van der Waals surface area contributed by atoms with Gasteiger partial charge in [-0.3, -0.25) is 14.6 Å². The fraction of sp³-hybridized carbons (Fsp3) is 0.360. The van der Waals surface area contributed by atoms with Crippen molar-refractivity contribution in [1.29, 1.82) is 0 Å². The number of fused-ring (bicyclic) bond motifs is 1. The third-order valence-electron chi connectivity index (χ3n) is 6.73. The fourth-order valence-electron chi connectivity index (χ4n) is 4.52. The Morgan fingerprint density at radius 2 is 2.06 bits per heavy atom. The van der Waals surface area contributed by atoms with Gasteiger partial charge in [-0.15, -0.1) is 0 Å². The highest BCUT2D eigenvalue weighted by Gasteiger charge is 2.26. The predicted molar refractivity (Wildman–Crippen MR) is 129 cm³/mol. The number of likely N-dealkylation sites (tertiary alicyclic amines) is 1. The number of aromatic amines is 1. The molecule has 4 aromatic rings. The second kappa shape index (κ2) is 9.64. The largest absolute Gasteiger partial charge is 0.439 e. The maximum atomic E-state index is 11.4. The Morgan fingerprint density at radius 3 is 2.76 bits per heavy atom. The second-order valence-electron chi connectivity index (χ2n) is 8.94. The van der Waals surface area contributed by atoms with Crippen molar-refractivity contribution in [3.8, 4) is 22.9 Å². The molecule has 9 heteroatoms. The topological polar surface area (TPSA) is 115 Å². The molecule has 4 heterocycles. The summed E-state index contributed by atoms with van der Waals surface area (Å²) in [6, 6.07) is 11.6. The number of hydrogen-bond donors (Lipinski definition) is 2. The number of H-pyrrole nitrogens is 1. The summed E-state index contributed by atoms with van der Waals surface area (Å²) in [6.07, 6.45) is 7.56. The quantitative estimate of drug-likeness (QED) is 0.417. The fourth-order valence-corrected chi connectivity index (χ4v) is 4.52. The number of carbonyl (C=O) groups excluding carboxylic acids is 1. The summed E-state index contributed by atoms with van der Waals surface area (Å²) in [5.41, 5.74) is 8.27. The van der Waals surface area contributed by atoms with Gasteiger partial charge in [-0.1, -0.05) is 6.92 Å². The first kappa shape index (κ1) is 22.1. The third kappa shape index (κ3) is 4.94. The lowest BCUT2D eigenvalue weighted by molar-refractivity contribution is -0.123. The molecule has 3 aromatic heterocycles. The van der Waals surface area contributed by atoms with Crippen molar-refractivity contribution >= 4 is 16.8 Å². The van der Waals surface area contributed by atoms with E-state index in [1.807, 2.05) is 48.0 Å². The van der Waals surface area contributed by atoms with Crippen LogP contribution in [-0.2, 0) is 11.3 Å². The molecular formula is C25H29N7O2. The van der Waals surface area contributed by atoms with Gasteiger partial charge in [0.2, 0.25) is 11.8 Å². The zero-order valence-corrected chi connectivity index (χ0v) is 19.2. The molecule has 0 saturated carbocycles. The van der Waals surface area contributed by atoms with E-state index in [0.29, 0.717) is 11.8 Å². The predicted octanol–water partition coefficient (Wildman–Crippen LogP) is 3.45. The minimum Gasteiger partial charge on any atom is -0.439 e. The molecular weight excluding hydrogens is 430 g/mol. The molecule has 5 rings (SSSR count). The van der Waals surface area contributed by atoms with Crippen LogP contribution >= 0.6 is 0 Å². The number of aromatic nitrogens is 5. The summed E-state index contributed by atoms with van der Waals surface area (Å²) in [7, 11) is 0. The summed E-state index contributed by atoms with van der Waals surface area (Å²) in [5, 5.41) is 12.6. The van der Waals surface area contributed by atoms with E-state index < -0.39 is 0 Å². The average Bonchev–Trinajstić information content (AvgIpc) is 3.53. The Labute approximate surface area is 197 Å². The zero-order valence-electron chi connectivity index (χ0n) is 19.2. The normalized spacial score (nSPS) is 16.0. The molecule has 1 amide bonds. The molecule has 176 valence electrons. The van der Waals surface area contributed by atoms with Crippen molar-refractivity contribution in [1.82, 2.24) is 29.9 Å².